The third-order valence-electron chi connectivity index (χ3n) is 4.03. The summed E-state index contributed by atoms with van der Waals surface area (Å²) in [6, 6.07) is 8.74. The number of halogens is 3. The Labute approximate surface area is 196 Å². The zero-order chi connectivity index (χ0) is 21.7. The topological polar surface area (TPSA) is 68.3 Å². The quantitative estimate of drug-likeness (QED) is 0.327. The number of nitrogens with zero attached hydrogens (tertiary/aromatic N) is 3. The lowest BCUT2D eigenvalue weighted by Crippen LogP contribution is -2.14. The standard InChI is InChI=1S/C20H18BrCl2N3O3S/c1-28-6-5-24-20-26(17(11-30-20)14-4-3-13(22)9-16(14)23)25-10-12-7-15(21)19(27)18(8-12)29-2/h3-4,7-11,27H,5-6H2,1-2H3/b24-20?,25-10+. The number of hydrogen-bond acceptors (Lipinski definition) is 6. The number of aromatic nitrogens is 1. The number of thiazole rings is 1. The van der Waals surface area contributed by atoms with Crippen molar-refractivity contribution < 1.29 is 14.6 Å². The fourth-order valence-corrected chi connectivity index (χ4v) is 4.40. The van der Waals surface area contributed by atoms with Crippen LogP contribution in [0.2, 0.25) is 10.0 Å². The predicted octanol–water partition coefficient (Wildman–Crippen LogP) is 5.43. The molecule has 0 aliphatic rings. The maximum atomic E-state index is 10.0. The SMILES string of the molecule is COCCN=c1scc(-c2ccc(Cl)cc2Cl)n1/N=C/c1cc(Br)c(O)c(OC)c1. The maximum absolute atomic E-state index is 10.0. The zero-order valence-corrected chi connectivity index (χ0v) is 20.0. The van der Waals surface area contributed by atoms with Crippen LogP contribution < -0.4 is 9.54 Å². The highest BCUT2D eigenvalue weighted by molar-refractivity contribution is 9.10. The zero-order valence-electron chi connectivity index (χ0n) is 16.1. The van der Waals surface area contributed by atoms with Crippen LogP contribution >= 0.6 is 50.5 Å². The van der Waals surface area contributed by atoms with Crippen LogP contribution in [0.15, 0.2) is 50.3 Å². The second kappa shape index (κ2) is 10.5. The van der Waals surface area contributed by atoms with Crippen molar-refractivity contribution in [3.8, 4) is 22.8 Å². The van der Waals surface area contributed by atoms with E-state index >= 15 is 0 Å². The highest BCUT2D eigenvalue weighted by Crippen LogP contribution is 2.35. The molecular weight excluding hydrogens is 513 g/mol. The molecule has 3 rings (SSSR count). The van der Waals surface area contributed by atoms with Crippen molar-refractivity contribution in [2.24, 2.45) is 10.1 Å². The summed E-state index contributed by atoms with van der Waals surface area (Å²) in [7, 11) is 3.12. The fraction of sp³-hybridized carbons (Fsp3) is 0.200. The highest BCUT2D eigenvalue weighted by atomic mass is 79.9. The van der Waals surface area contributed by atoms with Crippen LogP contribution in [0.1, 0.15) is 5.56 Å². The first-order valence-electron chi connectivity index (χ1n) is 8.71. The lowest BCUT2D eigenvalue weighted by Gasteiger charge is -2.08. The van der Waals surface area contributed by atoms with Crippen LogP contribution in [0.5, 0.6) is 11.5 Å². The Kier molecular flexibility index (Phi) is 7.96. The van der Waals surface area contributed by atoms with Crippen molar-refractivity contribution in [2.45, 2.75) is 0 Å². The molecule has 0 radical (unpaired) electrons. The molecule has 6 nitrogen and oxygen atoms in total. The van der Waals surface area contributed by atoms with Crippen LogP contribution in [0.25, 0.3) is 11.3 Å². The van der Waals surface area contributed by atoms with Crippen LogP contribution in [0, 0.1) is 0 Å². The summed E-state index contributed by atoms with van der Waals surface area (Å²) in [5, 5.41) is 17.6. The van der Waals surface area contributed by atoms with Crippen LogP contribution in [-0.2, 0) is 4.74 Å². The van der Waals surface area contributed by atoms with Gasteiger partial charge in [-0.2, -0.15) is 5.10 Å². The first-order chi connectivity index (χ1) is 14.4. The second-order valence-corrected chi connectivity index (χ2v) is 8.55. The molecule has 0 fully saturated rings. The van der Waals surface area contributed by atoms with E-state index in [0.717, 1.165) is 16.8 Å². The summed E-state index contributed by atoms with van der Waals surface area (Å²) in [6.45, 7) is 1.000. The molecule has 0 amide bonds. The van der Waals surface area contributed by atoms with Crippen molar-refractivity contribution in [1.29, 1.82) is 0 Å². The Morgan fingerprint density at radius 3 is 2.73 bits per heavy atom. The van der Waals surface area contributed by atoms with E-state index in [1.165, 1.54) is 18.4 Å². The van der Waals surface area contributed by atoms with E-state index in [1.807, 2.05) is 11.4 Å². The lowest BCUT2D eigenvalue weighted by molar-refractivity contribution is 0.207. The lowest BCUT2D eigenvalue weighted by atomic mass is 10.2. The summed E-state index contributed by atoms with van der Waals surface area (Å²) in [4.78, 5) is 5.26. The van der Waals surface area contributed by atoms with Gasteiger partial charge >= 0.3 is 0 Å². The molecule has 10 heteroatoms. The Morgan fingerprint density at radius 2 is 2.03 bits per heavy atom. The van der Waals surface area contributed by atoms with Crippen molar-refractivity contribution in [1.82, 2.24) is 4.68 Å². The number of rotatable bonds is 7. The highest BCUT2D eigenvalue weighted by Gasteiger charge is 2.12. The van der Waals surface area contributed by atoms with Gasteiger partial charge in [0.1, 0.15) is 0 Å². The number of methoxy groups -OCH3 is 2. The molecule has 158 valence electrons. The van der Waals surface area contributed by atoms with Gasteiger partial charge in [0.2, 0.25) is 4.80 Å². The molecule has 0 spiro atoms. The molecule has 0 bridgehead atoms. The molecule has 1 heterocycles. The average molecular weight is 531 g/mol. The van der Waals surface area contributed by atoms with Gasteiger partial charge in [0, 0.05) is 23.1 Å². The van der Waals surface area contributed by atoms with Crippen LogP contribution in [-0.4, -0.2) is 43.4 Å². The third-order valence-corrected chi connectivity index (χ3v) is 6.03. The van der Waals surface area contributed by atoms with Crippen molar-refractivity contribution in [2.75, 3.05) is 27.4 Å². The van der Waals surface area contributed by atoms with E-state index < -0.39 is 0 Å². The Hall–Kier alpha value is -1.84. The summed E-state index contributed by atoms with van der Waals surface area (Å²) < 4.78 is 12.5. The van der Waals surface area contributed by atoms with E-state index in [0.29, 0.717) is 38.2 Å². The normalized spacial score (nSPS) is 12.1. The van der Waals surface area contributed by atoms with Crippen LogP contribution in [0.4, 0.5) is 0 Å². The number of aromatic hydroxyl groups is 1. The molecule has 0 aliphatic carbocycles. The molecule has 3 aromatic rings. The number of ether oxygens (including phenoxy) is 2. The average Bonchev–Trinajstić information content (AvgIpc) is 3.11. The van der Waals surface area contributed by atoms with Gasteiger partial charge in [-0.3, -0.25) is 4.99 Å². The molecule has 0 saturated carbocycles. The first kappa shape index (κ1) is 22.8. The van der Waals surface area contributed by atoms with E-state index in [2.05, 4.69) is 26.0 Å². The summed E-state index contributed by atoms with van der Waals surface area (Å²) in [5.74, 6) is 0.369. The predicted molar refractivity (Wildman–Crippen MR) is 125 cm³/mol. The van der Waals surface area contributed by atoms with E-state index in [1.54, 1.807) is 42.3 Å². The third kappa shape index (κ3) is 5.25. The number of hydrogen-bond donors (Lipinski definition) is 1. The maximum Gasteiger partial charge on any atom is 0.206 e. The van der Waals surface area contributed by atoms with Crippen molar-refractivity contribution in [3.63, 3.8) is 0 Å². The minimum absolute atomic E-state index is 0.0294. The monoisotopic (exact) mass is 529 g/mol. The molecule has 0 aliphatic heterocycles. The van der Waals surface area contributed by atoms with Crippen LogP contribution in [0.3, 0.4) is 0 Å². The molecular formula is C20H18BrCl2N3O3S. The fourth-order valence-electron chi connectivity index (χ4n) is 2.58. The van der Waals surface area contributed by atoms with Gasteiger partial charge in [0.25, 0.3) is 0 Å². The molecule has 30 heavy (non-hydrogen) atoms. The minimum atomic E-state index is 0.0294. The first-order valence-corrected chi connectivity index (χ1v) is 11.1. The number of phenols is 1. The smallest absolute Gasteiger partial charge is 0.206 e. The molecule has 1 N–H and O–H groups in total. The van der Waals surface area contributed by atoms with Gasteiger partial charge in [-0.1, -0.05) is 23.2 Å². The van der Waals surface area contributed by atoms with Gasteiger partial charge in [0.05, 0.1) is 41.7 Å². The molecule has 0 atom stereocenters. The Balaban J connectivity index is 2.09. The number of benzene rings is 2. The summed E-state index contributed by atoms with van der Waals surface area (Å²) >= 11 is 17.2. The summed E-state index contributed by atoms with van der Waals surface area (Å²) in [5.41, 5.74) is 2.29. The van der Waals surface area contributed by atoms with Gasteiger partial charge in [-0.05, 0) is 51.8 Å². The molecule has 2 aromatic carbocycles. The molecule has 0 unspecified atom stereocenters. The number of phenolic OH excluding ortho intramolecular Hbond substituents is 1. The Morgan fingerprint density at radius 1 is 1.23 bits per heavy atom. The van der Waals surface area contributed by atoms with E-state index in [9.17, 15) is 5.11 Å². The molecule has 1 aromatic heterocycles. The largest absolute Gasteiger partial charge is 0.503 e. The van der Waals surface area contributed by atoms with Gasteiger partial charge in [-0.25, -0.2) is 4.68 Å². The van der Waals surface area contributed by atoms with Crippen molar-refractivity contribution >= 4 is 56.7 Å². The summed E-state index contributed by atoms with van der Waals surface area (Å²) in [6.07, 6.45) is 1.65. The van der Waals surface area contributed by atoms with Gasteiger partial charge < -0.3 is 14.6 Å². The molecule has 0 saturated heterocycles. The Bertz CT molecular complexity index is 1140. The van der Waals surface area contributed by atoms with Crippen molar-refractivity contribution in [3.05, 3.63) is 60.6 Å². The van der Waals surface area contributed by atoms with Gasteiger partial charge in [-0.15, -0.1) is 11.3 Å². The second-order valence-electron chi connectivity index (χ2n) is 6.01. The van der Waals surface area contributed by atoms with Gasteiger partial charge in [0.15, 0.2) is 11.5 Å². The van der Waals surface area contributed by atoms with E-state index in [-0.39, 0.29) is 5.75 Å². The van der Waals surface area contributed by atoms with E-state index in [4.69, 9.17) is 32.7 Å². The minimum Gasteiger partial charge on any atom is -0.503 e.